The lowest BCUT2D eigenvalue weighted by Crippen LogP contribution is -2.58. The molecule has 0 radical (unpaired) electrons. The van der Waals surface area contributed by atoms with Crippen LogP contribution in [0.3, 0.4) is 0 Å². The van der Waals surface area contributed by atoms with Crippen molar-refractivity contribution < 1.29 is 27.8 Å². The number of halogens is 2. The van der Waals surface area contributed by atoms with Crippen molar-refractivity contribution in [3.8, 4) is 11.5 Å². The lowest BCUT2D eigenvalue weighted by atomic mass is 9.59. The Kier molecular flexibility index (Phi) is 5.92. The molecule has 2 bridgehead atoms. The van der Waals surface area contributed by atoms with Crippen LogP contribution < -0.4 is 14.8 Å². The molecule has 2 saturated carbocycles. The fraction of sp³-hybridized carbons (Fsp3) is 0.708. The van der Waals surface area contributed by atoms with Crippen LogP contribution in [0.25, 0.3) is 0 Å². The van der Waals surface area contributed by atoms with Crippen molar-refractivity contribution in [3.63, 3.8) is 0 Å². The van der Waals surface area contributed by atoms with Crippen molar-refractivity contribution in [2.24, 2.45) is 22.7 Å². The zero-order chi connectivity index (χ0) is 22.4. The van der Waals surface area contributed by atoms with Gasteiger partial charge in [-0.05, 0) is 66.5 Å². The SMILES string of the molecule is CCOc1cc([C@H]2OCC[C@@]34C[C@@H](C[C@H]23)C(C)(C)[C@H]4NC(=O)CC)ccc1OC(F)F. The molecule has 1 saturated heterocycles. The van der Waals surface area contributed by atoms with E-state index in [9.17, 15) is 13.6 Å². The number of fused-ring (bicyclic) bond motifs is 1. The molecule has 1 spiro atoms. The summed E-state index contributed by atoms with van der Waals surface area (Å²) in [7, 11) is 0. The number of benzene rings is 1. The average molecular weight is 438 g/mol. The van der Waals surface area contributed by atoms with Gasteiger partial charge in [0.2, 0.25) is 5.91 Å². The second-order valence-electron chi connectivity index (χ2n) is 9.71. The summed E-state index contributed by atoms with van der Waals surface area (Å²) in [5.41, 5.74) is 0.945. The lowest BCUT2D eigenvalue weighted by molar-refractivity contribution is -0.137. The Morgan fingerprint density at radius 1 is 1.29 bits per heavy atom. The first kappa shape index (κ1) is 22.3. The summed E-state index contributed by atoms with van der Waals surface area (Å²) in [5, 5.41) is 3.35. The summed E-state index contributed by atoms with van der Waals surface area (Å²) in [5.74, 6) is 1.21. The normalized spacial score (nSPS) is 33.3. The highest BCUT2D eigenvalue weighted by Crippen LogP contribution is 2.70. The third-order valence-corrected chi connectivity index (χ3v) is 7.94. The van der Waals surface area contributed by atoms with Crippen LogP contribution in [-0.2, 0) is 9.53 Å². The first-order valence-corrected chi connectivity index (χ1v) is 11.4. The Morgan fingerprint density at radius 2 is 2.06 bits per heavy atom. The quantitative estimate of drug-likeness (QED) is 0.645. The summed E-state index contributed by atoms with van der Waals surface area (Å²) >= 11 is 0. The second kappa shape index (κ2) is 8.23. The molecule has 3 fully saturated rings. The number of rotatable bonds is 7. The van der Waals surface area contributed by atoms with E-state index in [0.717, 1.165) is 24.8 Å². The number of hydrogen-bond acceptors (Lipinski definition) is 4. The van der Waals surface area contributed by atoms with Crippen molar-refractivity contribution in [2.75, 3.05) is 13.2 Å². The second-order valence-corrected chi connectivity index (χ2v) is 9.71. The van der Waals surface area contributed by atoms with Crippen LogP contribution in [0, 0.1) is 22.7 Å². The van der Waals surface area contributed by atoms with Crippen molar-refractivity contribution in [1.29, 1.82) is 0 Å². The molecule has 1 heterocycles. The molecule has 2 aliphatic carbocycles. The predicted octanol–water partition coefficient (Wildman–Crippen LogP) is 5.10. The van der Waals surface area contributed by atoms with Gasteiger partial charge in [0.1, 0.15) is 0 Å². The fourth-order valence-corrected chi connectivity index (χ4v) is 6.54. The molecule has 4 rings (SSSR count). The van der Waals surface area contributed by atoms with Crippen LogP contribution in [0.2, 0.25) is 0 Å². The number of amides is 1. The maximum Gasteiger partial charge on any atom is 0.387 e. The molecule has 31 heavy (non-hydrogen) atoms. The zero-order valence-corrected chi connectivity index (χ0v) is 18.8. The van der Waals surface area contributed by atoms with Crippen LogP contribution in [-0.4, -0.2) is 31.8 Å². The van der Waals surface area contributed by atoms with E-state index in [1.807, 2.05) is 13.8 Å². The molecule has 172 valence electrons. The first-order chi connectivity index (χ1) is 14.7. The van der Waals surface area contributed by atoms with Crippen molar-refractivity contribution >= 4 is 5.91 Å². The Morgan fingerprint density at radius 3 is 2.74 bits per heavy atom. The first-order valence-electron chi connectivity index (χ1n) is 11.4. The molecule has 1 aliphatic heterocycles. The van der Waals surface area contributed by atoms with Gasteiger partial charge in [-0.25, -0.2) is 0 Å². The topological polar surface area (TPSA) is 56.8 Å². The van der Waals surface area contributed by atoms with E-state index in [1.54, 1.807) is 18.2 Å². The summed E-state index contributed by atoms with van der Waals surface area (Å²) in [4.78, 5) is 12.4. The van der Waals surface area contributed by atoms with Gasteiger partial charge in [0.25, 0.3) is 0 Å². The van der Waals surface area contributed by atoms with Crippen LogP contribution >= 0.6 is 0 Å². The van der Waals surface area contributed by atoms with Gasteiger partial charge in [-0.1, -0.05) is 26.8 Å². The van der Waals surface area contributed by atoms with Gasteiger partial charge in [0, 0.05) is 19.1 Å². The Balaban J connectivity index is 1.66. The number of carbonyl (C=O) groups is 1. The molecule has 3 aliphatic rings. The molecule has 7 heteroatoms. The van der Waals surface area contributed by atoms with Crippen molar-refractivity contribution in [1.82, 2.24) is 5.32 Å². The van der Waals surface area contributed by atoms with Gasteiger partial charge >= 0.3 is 6.61 Å². The Hall–Kier alpha value is -1.89. The van der Waals surface area contributed by atoms with Gasteiger partial charge in [-0.15, -0.1) is 0 Å². The van der Waals surface area contributed by atoms with Crippen LogP contribution in [0.15, 0.2) is 18.2 Å². The van der Waals surface area contributed by atoms with E-state index in [2.05, 4.69) is 23.9 Å². The van der Waals surface area contributed by atoms with Gasteiger partial charge in [0.05, 0.1) is 12.7 Å². The van der Waals surface area contributed by atoms with Crippen molar-refractivity contribution in [2.45, 2.75) is 72.1 Å². The summed E-state index contributed by atoms with van der Waals surface area (Å²) in [6, 6.07) is 5.24. The smallest absolute Gasteiger partial charge is 0.387 e. The molecule has 5 nitrogen and oxygen atoms in total. The van der Waals surface area contributed by atoms with Crippen LogP contribution in [0.5, 0.6) is 11.5 Å². The number of carbonyl (C=O) groups excluding carboxylic acids is 1. The molecule has 0 aromatic heterocycles. The third kappa shape index (κ3) is 3.69. The fourth-order valence-electron chi connectivity index (χ4n) is 6.54. The van der Waals surface area contributed by atoms with Crippen molar-refractivity contribution in [3.05, 3.63) is 23.8 Å². The van der Waals surface area contributed by atoms with Crippen LogP contribution in [0.4, 0.5) is 8.78 Å². The zero-order valence-electron chi connectivity index (χ0n) is 18.8. The van der Waals surface area contributed by atoms with Crippen LogP contribution in [0.1, 0.15) is 65.0 Å². The largest absolute Gasteiger partial charge is 0.490 e. The minimum Gasteiger partial charge on any atom is -0.490 e. The van der Waals surface area contributed by atoms with Gasteiger partial charge < -0.3 is 19.5 Å². The summed E-state index contributed by atoms with van der Waals surface area (Å²) in [6.07, 6.45) is 3.37. The Labute approximate surface area is 182 Å². The highest BCUT2D eigenvalue weighted by atomic mass is 19.3. The minimum absolute atomic E-state index is 0.00810. The molecule has 5 atom stereocenters. The number of alkyl halides is 2. The monoisotopic (exact) mass is 437 g/mol. The lowest BCUT2D eigenvalue weighted by Gasteiger charge is -2.53. The number of hydrogen-bond donors (Lipinski definition) is 1. The molecular formula is C24H33F2NO4. The maximum atomic E-state index is 12.8. The van der Waals surface area contributed by atoms with E-state index in [0.29, 0.717) is 31.3 Å². The van der Waals surface area contributed by atoms with E-state index in [1.165, 1.54) is 0 Å². The minimum atomic E-state index is -2.91. The van der Waals surface area contributed by atoms with E-state index >= 15 is 0 Å². The summed E-state index contributed by atoms with van der Waals surface area (Å²) in [6.45, 7) is 6.30. The predicted molar refractivity (Wildman–Crippen MR) is 112 cm³/mol. The van der Waals surface area contributed by atoms with E-state index < -0.39 is 6.61 Å². The highest BCUT2D eigenvalue weighted by molar-refractivity contribution is 5.76. The molecular weight excluding hydrogens is 404 g/mol. The van der Waals surface area contributed by atoms with E-state index in [-0.39, 0.29) is 40.6 Å². The Bertz CT molecular complexity index is 830. The standard InChI is InChI=1S/C24H33F2NO4/c1-5-19(28)27-21-23(3,4)15-12-16-20(30-10-9-24(16,21)13-15)14-7-8-17(31-22(25)26)18(11-14)29-6-2/h7-8,11,15-16,20-22H,5-6,9-10,12-13H2,1-4H3,(H,27,28)/t15-,16-,20-,21-,24-/m1/s1. The number of nitrogens with one attached hydrogen (secondary N) is 1. The number of ether oxygens (including phenoxy) is 3. The molecule has 1 aromatic carbocycles. The molecule has 1 amide bonds. The molecule has 1 N–H and O–H groups in total. The van der Waals surface area contributed by atoms with E-state index in [4.69, 9.17) is 9.47 Å². The molecule has 1 aromatic rings. The summed E-state index contributed by atoms with van der Waals surface area (Å²) < 4.78 is 42.1. The third-order valence-electron chi connectivity index (χ3n) is 7.94. The average Bonchev–Trinajstić information content (AvgIpc) is 3.21. The van der Waals surface area contributed by atoms with Gasteiger partial charge in [-0.3, -0.25) is 4.79 Å². The maximum absolute atomic E-state index is 12.8. The highest BCUT2D eigenvalue weighted by Gasteiger charge is 2.68. The van der Waals surface area contributed by atoms with Gasteiger partial charge in [-0.2, -0.15) is 8.78 Å². The van der Waals surface area contributed by atoms with Gasteiger partial charge in [0.15, 0.2) is 11.5 Å². The molecule has 0 unspecified atom stereocenters.